The molecule has 1 N–H and O–H groups in total. The Balaban J connectivity index is 1.90. The van der Waals surface area contributed by atoms with Gasteiger partial charge in [-0.15, -0.1) is 0 Å². The first kappa shape index (κ1) is 12.9. The number of pyridine rings is 1. The molecule has 0 unspecified atom stereocenters. The van der Waals surface area contributed by atoms with Gasteiger partial charge in [-0.3, -0.25) is 4.98 Å². The molecule has 0 spiro atoms. The van der Waals surface area contributed by atoms with Gasteiger partial charge in [-0.25, -0.2) is 0 Å². The Morgan fingerprint density at radius 3 is 2.90 bits per heavy atom. The van der Waals surface area contributed by atoms with E-state index in [0.29, 0.717) is 0 Å². The summed E-state index contributed by atoms with van der Waals surface area (Å²) in [6.07, 6.45) is 3.98. The standard InChI is InChI=1S/C17H19N3/c1-2-18-12-14-6-7-15-8-10-20(17(15)11-14)13-16-5-3-4-9-19-16/h3-11,18H,2,12-13H2,1H3. The third-order valence-electron chi connectivity index (χ3n) is 3.48. The van der Waals surface area contributed by atoms with E-state index >= 15 is 0 Å². The van der Waals surface area contributed by atoms with Gasteiger partial charge < -0.3 is 9.88 Å². The summed E-state index contributed by atoms with van der Waals surface area (Å²) in [5.74, 6) is 0. The Bertz CT molecular complexity index is 686. The van der Waals surface area contributed by atoms with E-state index in [1.165, 1.54) is 16.5 Å². The predicted molar refractivity (Wildman–Crippen MR) is 82.7 cm³/mol. The lowest BCUT2D eigenvalue weighted by molar-refractivity contribution is 0.726. The van der Waals surface area contributed by atoms with E-state index in [2.05, 4.69) is 58.3 Å². The number of aromatic nitrogens is 2. The van der Waals surface area contributed by atoms with Crippen LogP contribution in [0.1, 0.15) is 18.2 Å². The topological polar surface area (TPSA) is 29.9 Å². The van der Waals surface area contributed by atoms with E-state index < -0.39 is 0 Å². The van der Waals surface area contributed by atoms with Gasteiger partial charge in [0.05, 0.1) is 12.2 Å². The molecule has 20 heavy (non-hydrogen) atoms. The van der Waals surface area contributed by atoms with Crippen LogP contribution in [0.2, 0.25) is 0 Å². The minimum Gasteiger partial charge on any atom is -0.341 e. The fourth-order valence-corrected chi connectivity index (χ4v) is 2.41. The molecule has 0 fully saturated rings. The van der Waals surface area contributed by atoms with Crippen LogP contribution in [0, 0.1) is 0 Å². The second-order valence-electron chi connectivity index (χ2n) is 4.94. The normalized spacial score (nSPS) is 11.1. The van der Waals surface area contributed by atoms with Crippen LogP contribution >= 0.6 is 0 Å². The molecule has 0 atom stereocenters. The van der Waals surface area contributed by atoms with E-state index in [-0.39, 0.29) is 0 Å². The Kier molecular flexibility index (Phi) is 3.79. The molecule has 0 amide bonds. The van der Waals surface area contributed by atoms with Crippen LogP contribution in [-0.2, 0) is 13.1 Å². The second-order valence-corrected chi connectivity index (χ2v) is 4.94. The summed E-state index contributed by atoms with van der Waals surface area (Å²) in [6, 6.07) is 14.9. The Labute approximate surface area is 119 Å². The first-order valence-electron chi connectivity index (χ1n) is 7.05. The molecular weight excluding hydrogens is 246 g/mol. The highest BCUT2D eigenvalue weighted by Gasteiger charge is 2.03. The molecule has 3 heteroatoms. The number of hydrogen-bond acceptors (Lipinski definition) is 2. The molecule has 0 aliphatic heterocycles. The molecule has 2 heterocycles. The first-order valence-corrected chi connectivity index (χ1v) is 7.05. The van der Waals surface area contributed by atoms with Gasteiger partial charge in [-0.05, 0) is 41.8 Å². The highest BCUT2D eigenvalue weighted by molar-refractivity contribution is 5.80. The second kappa shape index (κ2) is 5.88. The van der Waals surface area contributed by atoms with E-state index in [1.807, 2.05) is 18.3 Å². The lowest BCUT2D eigenvalue weighted by Gasteiger charge is -2.07. The van der Waals surface area contributed by atoms with Gasteiger partial charge in [0, 0.05) is 24.5 Å². The summed E-state index contributed by atoms with van der Waals surface area (Å²) < 4.78 is 2.26. The highest BCUT2D eigenvalue weighted by atomic mass is 15.0. The molecule has 0 saturated heterocycles. The summed E-state index contributed by atoms with van der Waals surface area (Å²) in [6.45, 7) is 4.85. The molecule has 0 saturated carbocycles. The van der Waals surface area contributed by atoms with Crippen molar-refractivity contribution in [3.05, 3.63) is 66.1 Å². The van der Waals surface area contributed by atoms with E-state index in [4.69, 9.17) is 0 Å². The van der Waals surface area contributed by atoms with Gasteiger partial charge in [0.15, 0.2) is 0 Å². The molecule has 3 rings (SSSR count). The Morgan fingerprint density at radius 2 is 2.10 bits per heavy atom. The van der Waals surface area contributed by atoms with E-state index in [0.717, 1.165) is 25.3 Å². The van der Waals surface area contributed by atoms with Gasteiger partial charge >= 0.3 is 0 Å². The fraction of sp³-hybridized carbons (Fsp3) is 0.235. The molecule has 1 aromatic carbocycles. The highest BCUT2D eigenvalue weighted by Crippen LogP contribution is 2.18. The zero-order valence-corrected chi connectivity index (χ0v) is 11.7. The average molecular weight is 265 g/mol. The molecule has 3 aromatic rings. The smallest absolute Gasteiger partial charge is 0.0648 e. The summed E-state index contributed by atoms with van der Waals surface area (Å²) in [5, 5.41) is 4.65. The van der Waals surface area contributed by atoms with Gasteiger partial charge in [-0.2, -0.15) is 0 Å². The minimum atomic E-state index is 0.814. The van der Waals surface area contributed by atoms with Gasteiger partial charge in [0.2, 0.25) is 0 Å². The lowest BCUT2D eigenvalue weighted by atomic mass is 10.1. The molecular formula is C17H19N3. The Morgan fingerprint density at radius 1 is 1.15 bits per heavy atom. The van der Waals surface area contributed by atoms with Gasteiger partial charge in [-0.1, -0.05) is 25.1 Å². The van der Waals surface area contributed by atoms with E-state index in [9.17, 15) is 0 Å². The minimum absolute atomic E-state index is 0.814. The third-order valence-corrected chi connectivity index (χ3v) is 3.48. The molecule has 0 aliphatic carbocycles. The molecule has 0 bridgehead atoms. The van der Waals surface area contributed by atoms with Crippen LogP contribution in [0.4, 0.5) is 0 Å². The van der Waals surface area contributed by atoms with Crippen molar-refractivity contribution in [3.63, 3.8) is 0 Å². The number of rotatable bonds is 5. The summed E-state index contributed by atoms with van der Waals surface area (Å²) in [5.41, 5.74) is 3.67. The summed E-state index contributed by atoms with van der Waals surface area (Å²) >= 11 is 0. The zero-order chi connectivity index (χ0) is 13.8. The average Bonchev–Trinajstić information content (AvgIpc) is 2.89. The summed E-state index contributed by atoms with van der Waals surface area (Å²) in [7, 11) is 0. The lowest BCUT2D eigenvalue weighted by Crippen LogP contribution is -2.11. The molecule has 0 aliphatic rings. The Hall–Kier alpha value is -2.13. The van der Waals surface area contributed by atoms with Crippen LogP contribution in [-0.4, -0.2) is 16.1 Å². The maximum Gasteiger partial charge on any atom is 0.0648 e. The number of hydrogen-bond donors (Lipinski definition) is 1. The molecule has 2 aromatic heterocycles. The van der Waals surface area contributed by atoms with Crippen molar-refractivity contribution in [1.29, 1.82) is 0 Å². The SMILES string of the molecule is CCNCc1ccc2ccn(Cc3ccccn3)c2c1. The van der Waals surface area contributed by atoms with Crippen molar-refractivity contribution in [3.8, 4) is 0 Å². The molecule has 0 radical (unpaired) electrons. The van der Waals surface area contributed by atoms with Crippen LogP contribution in [0.25, 0.3) is 10.9 Å². The van der Waals surface area contributed by atoms with Crippen LogP contribution < -0.4 is 5.32 Å². The van der Waals surface area contributed by atoms with Gasteiger partial charge in [0.1, 0.15) is 0 Å². The van der Waals surface area contributed by atoms with Crippen LogP contribution in [0.5, 0.6) is 0 Å². The van der Waals surface area contributed by atoms with Crippen LogP contribution in [0.3, 0.4) is 0 Å². The van der Waals surface area contributed by atoms with E-state index in [1.54, 1.807) is 0 Å². The van der Waals surface area contributed by atoms with Crippen molar-refractivity contribution in [2.45, 2.75) is 20.0 Å². The number of benzene rings is 1. The predicted octanol–water partition coefficient (Wildman–Crippen LogP) is 3.19. The number of nitrogens with zero attached hydrogens (tertiary/aromatic N) is 2. The van der Waals surface area contributed by atoms with Gasteiger partial charge in [0.25, 0.3) is 0 Å². The first-order chi connectivity index (χ1) is 9.86. The largest absolute Gasteiger partial charge is 0.341 e. The maximum atomic E-state index is 4.40. The third kappa shape index (κ3) is 2.73. The van der Waals surface area contributed by atoms with Crippen molar-refractivity contribution in [1.82, 2.24) is 14.9 Å². The molecule has 102 valence electrons. The van der Waals surface area contributed by atoms with Crippen molar-refractivity contribution in [2.24, 2.45) is 0 Å². The summed E-state index contributed by atoms with van der Waals surface area (Å²) in [4.78, 5) is 4.40. The fourth-order valence-electron chi connectivity index (χ4n) is 2.41. The van der Waals surface area contributed by atoms with Crippen LogP contribution in [0.15, 0.2) is 54.9 Å². The maximum absolute atomic E-state index is 4.40. The van der Waals surface area contributed by atoms with Crippen molar-refractivity contribution >= 4 is 10.9 Å². The number of fused-ring (bicyclic) bond motifs is 1. The van der Waals surface area contributed by atoms with Crippen molar-refractivity contribution < 1.29 is 0 Å². The quantitative estimate of drug-likeness (QED) is 0.768. The zero-order valence-electron chi connectivity index (χ0n) is 11.7. The number of nitrogens with one attached hydrogen (secondary N) is 1. The van der Waals surface area contributed by atoms with Crippen molar-refractivity contribution in [2.75, 3.05) is 6.54 Å². The monoisotopic (exact) mass is 265 g/mol. The molecule has 3 nitrogen and oxygen atoms in total.